The van der Waals surface area contributed by atoms with Crippen LogP contribution in [0.4, 0.5) is 5.82 Å². The fourth-order valence-electron chi connectivity index (χ4n) is 2.90. The molecule has 6 heteroatoms. The second-order valence-electron chi connectivity index (χ2n) is 5.70. The highest BCUT2D eigenvalue weighted by molar-refractivity contribution is 7.18. The molecule has 0 spiro atoms. The standard InChI is InChI=1S/C15H22N4OS/c1-9-10(2)21-15-13(9)14(16)17-12(18-15)8-19-6-4-11(20-3)5-7-19/h11H,4-8H2,1-3H3,(H2,16,17,18). The molecule has 0 atom stereocenters. The third kappa shape index (κ3) is 2.88. The van der Waals surface area contributed by atoms with Crippen molar-refractivity contribution in [1.82, 2.24) is 14.9 Å². The van der Waals surface area contributed by atoms with Crippen LogP contribution >= 0.6 is 11.3 Å². The Balaban J connectivity index is 1.79. The molecule has 1 saturated heterocycles. The van der Waals surface area contributed by atoms with Gasteiger partial charge in [-0.2, -0.15) is 0 Å². The molecule has 0 aromatic carbocycles. The molecule has 0 radical (unpaired) electrons. The van der Waals surface area contributed by atoms with E-state index in [9.17, 15) is 0 Å². The summed E-state index contributed by atoms with van der Waals surface area (Å²) in [6, 6.07) is 0. The van der Waals surface area contributed by atoms with Gasteiger partial charge < -0.3 is 10.5 Å². The number of likely N-dealkylation sites (tertiary alicyclic amines) is 1. The van der Waals surface area contributed by atoms with Crippen LogP contribution in [-0.4, -0.2) is 41.2 Å². The lowest BCUT2D eigenvalue weighted by Gasteiger charge is -2.30. The molecule has 0 aliphatic carbocycles. The van der Waals surface area contributed by atoms with Crippen molar-refractivity contribution in [3.8, 4) is 0 Å². The number of aryl methyl sites for hydroxylation is 2. The highest BCUT2D eigenvalue weighted by atomic mass is 32.1. The number of nitrogen functional groups attached to an aromatic ring is 1. The molecule has 2 aromatic heterocycles. The summed E-state index contributed by atoms with van der Waals surface area (Å²) in [4.78, 5) is 13.9. The van der Waals surface area contributed by atoms with Crippen molar-refractivity contribution in [2.45, 2.75) is 39.3 Å². The monoisotopic (exact) mass is 306 g/mol. The van der Waals surface area contributed by atoms with Crippen LogP contribution in [0.25, 0.3) is 10.2 Å². The van der Waals surface area contributed by atoms with Gasteiger partial charge in [0, 0.05) is 25.1 Å². The normalized spacial score (nSPS) is 17.7. The van der Waals surface area contributed by atoms with Crippen molar-refractivity contribution in [2.75, 3.05) is 25.9 Å². The maximum atomic E-state index is 6.14. The summed E-state index contributed by atoms with van der Waals surface area (Å²) >= 11 is 1.70. The van der Waals surface area contributed by atoms with E-state index in [1.165, 1.54) is 10.4 Å². The molecular formula is C15H22N4OS. The van der Waals surface area contributed by atoms with Gasteiger partial charge >= 0.3 is 0 Å². The van der Waals surface area contributed by atoms with Crippen molar-refractivity contribution in [3.05, 3.63) is 16.3 Å². The summed E-state index contributed by atoms with van der Waals surface area (Å²) in [6.45, 7) is 7.02. The maximum absolute atomic E-state index is 6.14. The number of hydrogen-bond donors (Lipinski definition) is 1. The van der Waals surface area contributed by atoms with E-state index in [0.29, 0.717) is 11.9 Å². The summed E-state index contributed by atoms with van der Waals surface area (Å²) < 4.78 is 5.41. The second-order valence-corrected chi connectivity index (χ2v) is 6.90. The summed E-state index contributed by atoms with van der Waals surface area (Å²) in [6.07, 6.45) is 2.55. The van der Waals surface area contributed by atoms with Crippen LogP contribution in [0.1, 0.15) is 29.1 Å². The lowest BCUT2D eigenvalue weighted by molar-refractivity contribution is 0.0382. The van der Waals surface area contributed by atoms with Crippen molar-refractivity contribution in [1.29, 1.82) is 0 Å². The fraction of sp³-hybridized carbons (Fsp3) is 0.600. The van der Waals surface area contributed by atoms with Gasteiger partial charge in [-0.25, -0.2) is 9.97 Å². The Bertz CT molecular complexity index is 647. The minimum absolute atomic E-state index is 0.400. The first-order chi connectivity index (χ1) is 10.1. The van der Waals surface area contributed by atoms with Gasteiger partial charge in [-0.15, -0.1) is 11.3 Å². The van der Waals surface area contributed by atoms with Gasteiger partial charge in [-0.05, 0) is 32.3 Å². The molecule has 0 saturated carbocycles. The predicted octanol–water partition coefficient (Wildman–Crippen LogP) is 2.50. The minimum Gasteiger partial charge on any atom is -0.383 e. The highest BCUT2D eigenvalue weighted by Crippen LogP contribution is 2.32. The van der Waals surface area contributed by atoms with Crippen LogP contribution in [0.3, 0.4) is 0 Å². The maximum Gasteiger partial charge on any atom is 0.146 e. The summed E-state index contributed by atoms with van der Waals surface area (Å²) in [5.74, 6) is 1.45. The molecule has 0 amide bonds. The summed E-state index contributed by atoms with van der Waals surface area (Å²) in [5.41, 5.74) is 7.35. The fourth-order valence-corrected chi connectivity index (χ4v) is 3.96. The molecule has 2 aromatic rings. The number of fused-ring (bicyclic) bond motifs is 1. The number of ether oxygens (including phenoxy) is 1. The zero-order chi connectivity index (χ0) is 15.0. The van der Waals surface area contributed by atoms with Gasteiger partial charge in [0.15, 0.2) is 0 Å². The quantitative estimate of drug-likeness (QED) is 0.944. The van der Waals surface area contributed by atoms with Gasteiger partial charge in [-0.3, -0.25) is 4.90 Å². The lowest BCUT2D eigenvalue weighted by atomic mass is 10.1. The van der Waals surface area contributed by atoms with E-state index in [2.05, 4.69) is 23.7 Å². The molecule has 1 aliphatic rings. The minimum atomic E-state index is 0.400. The van der Waals surface area contributed by atoms with Crippen LogP contribution in [0.5, 0.6) is 0 Å². The molecule has 3 rings (SSSR count). The number of thiophene rings is 1. The smallest absolute Gasteiger partial charge is 0.146 e. The molecule has 21 heavy (non-hydrogen) atoms. The molecule has 1 aliphatic heterocycles. The average Bonchev–Trinajstić information content (AvgIpc) is 2.75. The van der Waals surface area contributed by atoms with Crippen molar-refractivity contribution in [3.63, 3.8) is 0 Å². The topological polar surface area (TPSA) is 64.3 Å². The van der Waals surface area contributed by atoms with Crippen LogP contribution in [0.15, 0.2) is 0 Å². The van der Waals surface area contributed by atoms with Crippen molar-refractivity contribution >= 4 is 27.4 Å². The van der Waals surface area contributed by atoms with Crippen LogP contribution in [-0.2, 0) is 11.3 Å². The number of anilines is 1. The van der Waals surface area contributed by atoms with E-state index in [1.807, 2.05) is 0 Å². The number of rotatable bonds is 3. The summed E-state index contributed by atoms with van der Waals surface area (Å²) in [5, 5.41) is 1.03. The van der Waals surface area contributed by atoms with E-state index in [-0.39, 0.29) is 0 Å². The third-order valence-corrected chi connectivity index (χ3v) is 5.44. The first-order valence-corrected chi connectivity index (χ1v) is 8.17. The molecule has 114 valence electrons. The van der Waals surface area contributed by atoms with E-state index < -0.39 is 0 Å². The Morgan fingerprint density at radius 2 is 2.00 bits per heavy atom. The number of hydrogen-bond acceptors (Lipinski definition) is 6. The Labute approximate surface area is 129 Å². The Kier molecular flexibility index (Phi) is 4.10. The third-order valence-electron chi connectivity index (χ3n) is 4.34. The van der Waals surface area contributed by atoms with Gasteiger partial charge in [0.1, 0.15) is 16.5 Å². The molecular weight excluding hydrogens is 284 g/mol. The Morgan fingerprint density at radius 3 is 2.67 bits per heavy atom. The van der Waals surface area contributed by atoms with Crippen molar-refractivity contribution in [2.24, 2.45) is 0 Å². The van der Waals surface area contributed by atoms with E-state index in [0.717, 1.165) is 48.5 Å². The largest absolute Gasteiger partial charge is 0.383 e. The number of nitrogens with two attached hydrogens (primary N) is 1. The highest BCUT2D eigenvalue weighted by Gasteiger charge is 2.20. The number of methoxy groups -OCH3 is 1. The van der Waals surface area contributed by atoms with Gasteiger partial charge in [0.2, 0.25) is 0 Å². The lowest BCUT2D eigenvalue weighted by Crippen LogP contribution is -2.36. The van der Waals surface area contributed by atoms with Crippen LogP contribution in [0, 0.1) is 13.8 Å². The van der Waals surface area contributed by atoms with E-state index >= 15 is 0 Å². The first kappa shape index (κ1) is 14.7. The zero-order valence-corrected chi connectivity index (χ0v) is 13.7. The summed E-state index contributed by atoms with van der Waals surface area (Å²) in [7, 11) is 1.79. The van der Waals surface area contributed by atoms with Gasteiger partial charge in [0.25, 0.3) is 0 Å². The molecule has 5 nitrogen and oxygen atoms in total. The van der Waals surface area contributed by atoms with Crippen LogP contribution in [0.2, 0.25) is 0 Å². The first-order valence-electron chi connectivity index (χ1n) is 7.35. The second kappa shape index (κ2) is 5.87. The molecule has 2 N–H and O–H groups in total. The predicted molar refractivity (Wildman–Crippen MR) is 86.6 cm³/mol. The number of aromatic nitrogens is 2. The molecule has 0 unspecified atom stereocenters. The molecule has 1 fully saturated rings. The molecule has 3 heterocycles. The van der Waals surface area contributed by atoms with Crippen molar-refractivity contribution < 1.29 is 4.74 Å². The zero-order valence-electron chi connectivity index (χ0n) is 12.8. The van der Waals surface area contributed by atoms with Gasteiger partial charge in [-0.1, -0.05) is 0 Å². The number of piperidine rings is 1. The van der Waals surface area contributed by atoms with E-state index in [4.69, 9.17) is 15.5 Å². The molecule has 0 bridgehead atoms. The average molecular weight is 306 g/mol. The van der Waals surface area contributed by atoms with E-state index in [1.54, 1.807) is 18.4 Å². The van der Waals surface area contributed by atoms with Crippen LogP contribution < -0.4 is 5.73 Å². The number of nitrogens with zero attached hydrogens (tertiary/aromatic N) is 3. The Hall–Kier alpha value is -1.24. The Morgan fingerprint density at radius 1 is 1.29 bits per heavy atom. The van der Waals surface area contributed by atoms with Gasteiger partial charge in [0.05, 0.1) is 18.0 Å². The SMILES string of the molecule is COC1CCN(Cc2nc(N)c3c(C)c(C)sc3n2)CC1.